The van der Waals surface area contributed by atoms with Gasteiger partial charge in [0.1, 0.15) is 11.9 Å². The highest BCUT2D eigenvalue weighted by molar-refractivity contribution is 5.75. The molecular weight excluding hydrogens is 260 g/mol. The van der Waals surface area contributed by atoms with Crippen LogP contribution in [0.1, 0.15) is 37.4 Å². The van der Waals surface area contributed by atoms with Gasteiger partial charge in [-0.2, -0.15) is 0 Å². The first-order chi connectivity index (χ1) is 9.60. The molecule has 1 aromatic carbocycles. The van der Waals surface area contributed by atoms with Gasteiger partial charge in [-0.15, -0.1) is 0 Å². The lowest BCUT2D eigenvalue weighted by atomic mass is 9.95. The van der Waals surface area contributed by atoms with Crippen LogP contribution in [0.15, 0.2) is 24.3 Å². The van der Waals surface area contributed by atoms with Crippen LogP contribution in [-0.2, 0) is 14.3 Å². The molecule has 0 aromatic heterocycles. The number of rotatable bonds is 6. The van der Waals surface area contributed by atoms with Gasteiger partial charge in [0.25, 0.3) is 0 Å². The number of ether oxygens (including phenoxy) is 2. The van der Waals surface area contributed by atoms with Crippen LogP contribution < -0.4 is 9.84 Å². The second-order valence-corrected chi connectivity index (χ2v) is 4.90. The molecule has 0 aliphatic carbocycles. The van der Waals surface area contributed by atoms with Crippen LogP contribution in [0.2, 0.25) is 0 Å². The van der Waals surface area contributed by atoms with Crippen LogP contribution in [0.5, 0.6) is 5.75 Å². The van der Waals surface area contributed by atoms with Crippen LogP contribution in [-0.4, -0.2) is 19.0 Å². The maximum atomic E-state index is 11.7. The van der Waals surface area contributed by atoms with Crippen molar-refractivity contribution in [3.8, 4) is 5.75 Å². The fraction of sp³-hybridized carbons (Fsp3) is 0.467. The van der Waals surface area contributed by atoms with Crippen molar-refractivity contribution in [2.24, 2.45) is 5.92 Å². The fourth-order valence-corrected chi connectivity index (χ4v) is 2.39. The molecule has 1 aliphatic heterocycles. The molecule has 0 amide bonds. The average molecular weight is 277 g/mol. The van der Waals surface area contributed by atoms with Crippen LogP contribution >= 0.6 is 0 Å². The quantitative estimate of drug-likeness (QED) is 0.731. The Kier molecular flexibility index (Phi) is 4.61. The number of carboxylic acids is 1. The lowest BCUT2D eigenvalue weighted by Crippen LogP contribution is -2.22. The summed E-state index contributed by atoms with van der Waals surface area (Å²) in [6, 6.07) is 7.40. The van der Waals surface area contributed by atoms with Crippen molar-refractivity contribution in [3.05, 3.63) is 29.8 Å². The number of benzene rings is 1. The van der Waals surface area contributed by atoms with Gasteiger partial charge in [0.2, 0.25) is 0 Å². The van der Waals surface area contributed by atoms with Crippen molar-refractivity contribution >= 4 is 11.9 Å². The second-order valence-electron chi connectivity index (χ2n) is 4.90. The summed E-state index contributed by atoms with van der Waals surface area (Å²) in [5.41, 5.74) is 0.932. The Morgan fingerprint density at radius 1 is 1.40 bits per heavy atom. The summed E-state index contributed by atoms with van der Waals surface area (Å²) in [5, 5.41) is 10.4. The highest BCUT2D eigenvalue weighted by Crippen LogP contribution is 2.36. The lowest BCUT2D eigenvalue weighted by molar-refractivity contribution is -0.305. The molecule has 5 heteroatoms. The molecule has 108 valence electrons. The van der Waals surface area contributed by atoms with E-state index in [1.54, 1.807) is 7.11 Å². The average Bonchev–Trinajstić information content (AvgIpc) is 2.80. The minimum absolute atomic E-state index is 0.0169. The molecule has 0 N–H and O–H groups in total. The van der Waals surface area contributed by atoms with E-state index in [1.165, 1.54) is 0 Å². The number of methoxy groups -OCH3 is 1. The van der Waals surface area contributed by atoms with Crippen LogP contribution in [0.4, 0.5) is 0 Å². The zero-order chi connectivity index (χ0) is 14.5. The molecule has 0 spiro atoms. The van der Waals surface area contributed by atoms with E-state index >= 15 is 0 Å². The van der Waals surface area contributed by atoms with Gasteiger partial charge >= 0.3 is 5.97 Å². The number of carboxylic acid groups (broad SMARTS) is 1. The van der Waals surface area contributed by atoms with Crippen molar-refractivity contribution in [3.63, 3.8) is 0 Å². The summed E-state index contributed by atoms with van der Waals surface area (Å²) < 4.78 is 10.4. The van der Waals surface area contributed by atoms with Gasteiger partial charge in [-0.3, -0.25) is 4.79 Å². The van der Waals surface area contributed by atoms with Crippen molar-refractivity contribution in [2.45, 2.75) is 31.8 Å². The monoisotopic (exact) mass is 277 g/mol. The van der Waals surface area contributed by atoms with E-state index in [-0.39, 0.29) is 24.4 Å². The van der Waals surface area contributed by atoms with E-state index in [0.29, 0.717) is 19.3 Å². The summed E-state index contributed by atoms with van der Waals surface area (Å²) in [4.78, 5) is 22.1. The standard InChI is InChI=1S/C15H18O5/c1-19-12-7-5-10(6-8-12)13-9-11(15(18)20-13)3-2-4-14(16)17/h5-8,11,13H,2-4,9H2,1H3,(H,16,17)/p-1/t11-,13-/m1/s1. The van der Waals surface area contributed by atoms with Crippen molar-refractivity contribution in [2.75, 3.05) is 7.11 Å². The molecule has 1 aliphatic rings. The smallest absolute Gasteiger partial charge is 0.309 e. The van der Waals surface area contributed by atoms with E-state index in [4.69, 9.17) is 9.47 Å². The van der Waals surface area contributed by atoms with Crippen molar-refractivity contribution in [1.82, 2.24) is 0 Å². The highest BCUT2D eigenvalue weighted by atomic mass is 16.6. The molecule has 1 aromatic rings. The molecule has 1 heterocycles. The number of hydrogen-bond acceptors (Lipinski definition) is 5. The Labute approximate surface area is 117 Å². The predicted molar refractivity (Wildman–Crippen MR) is 68.8 cm³/mol. The molecule has 2 atom stereocenters. The Balaban J connectivity index is 1.91. The number of cyclic esters (lactones) is 1. The number of hydrogen-bond donors (Lipinski definition) is 0. The minimum atomic E-state index is -1.08. The molecule has 0 unspecified atom stereocenters. The second kappa shape index (κ2) is 6.41. The molecule has 1 saturated heterocycles. The summed E-state index contributed by atoms with van der Waals surface area (Å²) >= 11 is 0. The first-order valence-corrected chi connectivity index (χ1v) is 6.64. The topological polar surface area (TPSA) is 75.7 Å². The minimum Gasteiger partial charge on any atom is -0.550 e. The summed E-state index contributed by atoms with van der Waals surface area (Å²) in [6.45, 7) is 0. The molecule has 1 fully saturated rings. The number of aliphatic carboxylic acids is 1. The molecule has 0 radical (unpaired) electrons. The van der Waals surface area contributed by atoms with Crippen LogP contribution in [0.3, 0.4) is 0 Å². The van der Waals surface area contributed by atoms with Gasteiger partial charge in [0, 0.05) is 12.4 Å². The number of esters is 1. The van der Waals surface area contributed by atoms with E-state index in [2.05, 4.69) is 0 Å². The SMILES string of the molecule is COc1ccc([C@H]2C[C@@H](CCCC(=O)[O-])C(=O)O2)cc1. The third-order valence-electron chi connectivity index (χ3n) is 3.51. The van der Waals surface area contributed by atoms with Crippen molar-refractivity contribution in [1.29, 1.82) is 0 Å². The summed E-state index contributed by atoms with van der Waals surface area (Å²) in [7, 11) is 1.60. The Bertz CT molecular complexity index is 480. The summed E-state index contributed by atoms with van der Waals surface area (Å²) in [5.74, 6) is -0.794. The predicted octanol–water partition coefficient (Wildman–Crippen LogP) is 1.22. The molecule has 5 nitrogen and oxygen atoms in total. The molecular formula is C15H17O5-. The Morgan fingerprint density at radius 2 is 2.10 bits per heavy atom. The number of carbonyl (C=O) groups excluding carboxylic acids is 2. The van der Waals surface area contributed by atoms with E-state index in [1.807, 2.05) is 24.3 Å². The molecule has 2 rings (SSSR count). The zero-order valence-corrected chi connectivity index (χ0v) is 11.3. The first-order valence-electron chi connectivity index (χ1n) is 6.64. The van der Waals surface area contributed by atoms with Gasteiger partial charge < -0.3 is 19.4 Å². The number of carbonyl (C=O) groups is 2. The Hall–Kier alpha value is -2.04. The van der Waals surface area contributed by atoms with E-state index in [9.17, 15) is 14.7 Å². The fourth-order valence-electron chi connectivity index (χ4n) is 2.39. The Morgan fingerprint density at radius 3 is 2.70 bits per heavy atom. The van der Waals surface area contributed by atoms with Crippen LogP contribution in [0.25, 0.3) is 0 Å². The highest BCUT2D eigenvalue weighted by Gasteiger charge is 2.34. The maximum Gasteiger partial charge on any atom is 0.309 e. The summed E-state index contributed by atoms with van der Waals surface area (Å²) in [6.07, 6.45) is 1.30. The molecule has 20 heavy (non-hydrogen) atoms. The third kappa shape index (κ3) is 3.50. The maximum absolute atomic E-state index is 11.7. The van der Waals surface area contributed by atoms with E-state index < -0.39 is 5.97 Å². The van der Waals surface area contributed by atoms with Crippen LogP contribution in [0, 0.1) is 5.92 Å². The van der Waals surface area contributed by atoms with Gasteiger partial charge in [-0.25, -0.2) is 0 Å². The van der Waals surface area contributed by atoms with E-state index in [0.717, 1.165) is 11.3 Å². The first kappa shape index (κ1) is 14.4. The zero-order valence-electron chi connectivity index (χ0n) is 11.3. The van der Waals surface area contributed by atoms with Gasteiger partial charge in [0.15, 0.2) is 0 Å². The van der Waals surface area contributed by atoms with Gasteiger partial charge in [0.05, 0.1) is 13.0 Å². The normalized spacial score (nSPS) is 21.6. The molecule has 0 saturated carbocycles. The third-order valence-corrected chi connectivity index (χ3v) is 3.51. The largest absolute Gasteiger partial charge is 0.550 e. The van der Waals surface area contributed by atoms with Gasteiger partial charge in [-0.1, -0.05) is 12.1 Å². The lowest BCUT2D eigenvalue weighted by Gasteiger charge is -2.09. The molecule has 0 bridgehead atoms. The van der Waals surface area contributed by atoms with Crippen molar-refractivity contribution < 1.29 is 24.2 Å². The van der Waals surface area contributed by atoms with Gasteiger partial charge in [-0.05, 0) is 37.0 Å².